The van der Waals surface area contributed by atoms with Gasteiger partial charge < -0.3 is 14.8 Å². The summed E-state index contributed by atoms with van der Waals surface area (Å²) in [5, 5.41) is 3.37. The lowest BCUT2D eigenvalue weighted by Crippen LogP contribution is -2.45. The standard InChI is InChI=1S/C31H39N5O2/c1-21-32-29-10-6-7-11-30(29)36(21)27-18-25-12-13-26(19-27)35(25)17-15-28(23-8-4-3-5-9-23)33-31(38)24-14-16-34(20-24)22(2)37/h3-11,24-28H,12-20H2,1-2H3,(H,33,38)/t24?,25-,26+,27?,28-/m0/s1. The second-order valence-electron chi connectivity index (χ2n) is 11.5. The number of rotatable bonds is 7. The summed E-state index contributed by atoms with van der Waals surface area (Å²) in [6, 6.07) is 20.5. The van der Waals surface area contributed by atoms with E-state index in [-0.39, 0.29) is 23.8 Å². The van der Waals surface area contributed by atoms with E-state index in [0.717, 1.165) is 49.1 Å². The lowest BCUT2D eigenvalue weighted by molar-refractivity contribution is -0.128. The number of fused-ring (bicyclic) bond motifs is 3. The minimum atomic E-state index is -0.120. The number of aromatic nitrogens is 2. The molecule has 38 heavy (non-hydrogen) atoms. The van der Waals surface area contributed by atoms with Crippen LogP contribution >= 0.6 is 0 Å². The predicted octanol–water partition coefficient (Wildman–Crippen LogP) is 4.63. The molecule has 3 aliphatic heterocycles. The van der Waals surface area contributed by atoms with Crippen molar-refractivity contribution in [3.63, 3.8) is 0 Å². The van der Waals surface area contributed by atoms with Crippen molar-refractivity contribution in [3.8, 4) is 0 Å². The molecule has 5 atom stereocenters. The molecule has 3 aliphatic rings. The Labute approximate surface area is 225 Å². The van der Waals surface area contributed by atoms with Crippen LogP contribution in [0.1, 0.15) is 68.9 Å². The van der Waals surface area contributed by atoms with Crippen molar-refractivity contribution >= 4 is 22.8 Å². The van der Waals surface area contributed by atoms with Crippen LogP contribution in [0.3, 0.4) is 0 Å². The minimum absolute atomic E-state index is 0.0213. The number of imidazole rings is 1. The third-order valence-corrected chi connectivity index (χ3v) is 9.20. The first-order chi connectivity index (χ1) is 18.5. The number of carbonyl (C=O) groups is 2. The van der Waals surface area contributed by atoms with Gasteiger partial charge in [0.1, 0.15) is 5.82 Å². The van der Waals surface area contributed by atoms with Crippen LogP contribution in [-0.2, 0) is 9.59 Å². The quantitative estimate of drug-likeness (QED) is 0.500. The van der Waals surface area contributed by atoms with Crippen LogP contribution in [0.15, 0.2) is 54.6 Å². The lowest BCUT2D eigenvalue weighted by atomic mass is 9.95. The molecule has 0 saturated carbocycles. The van der Waals surface area contributed by atoms with Gasteiger partial charge in [-0.2, -0.15) is 0 Å². The van der Waals surface area contributed by atoms with Crippen molar-refractivity contribution in [2.75, 3.05) is 19.6 Å². The Morgan fingerprint density at radius 2 is 1.68 bits per heavy atom. The molecule has 3 fully saturated rings. The number of para-hydroxylation sites is 2. The second-order valence-corrected chi connectivity index (χ2v) is 11.5. The van der Waals surface area contributed by atoms with Gasteiger partial charge in [-0.15, -0.1) is 0 Å². The van der Waals surface area contributed by atoms with E-state index in [1.54, 1.807) is 11.8 Å². The van der Waals surface area contributed by atoms with E-state index in [4.69, 9.17) is 4.98 Å². The molecule has 0 radical (unpaired) electrons. The Morgan fingerprint density at radius 1 is 0.974 bits per heavy atom. The van der Waals surface area contributed by atoms with Gasteiger partial charge >= 0.3 is 0 Å². The van der Waals surface area contributed by atoms with E-state index in [0.29, 0.717) is 31.2 Å². The van der Waals surface area contributed by atoms with Crippen molar-refractivity contribution in [1.29, 1.82) is 0 Å². The van der Waals surface area contributed by atoms with E-state index in [1.165, 1.54) is 18.4 Å². The predicted molar refractivity (Wildman–Crippen MR) is 149 cm³/mol. The zero-order valence-corrected chi connectivity index (χ0v) is 22.6. The van der Waals surface area contributed by atoms with Gasteiger partial charge in [-0.25, -0.2) is 4.98 Å². The van der Waals surface area contributed by atoms with Crippen molar-refractivity contribution < 1.29 is 9.59 Å². The molecule has 2 amide bonds. The molecule has 2 bridgehead atoms. The molecule has 2 unspecified atom stereocenters. The summed E-state index contributed by atoms with van der Waals surface area (Å²) in [5.74, 6) is 1.13. The minimum Gasteiger partial charge on any atom is -0.349 e. The van der Waals surface area contributed by atoms with Gasteiger partial charge in [-0.1, -0.05) is 42.5 Å². The van der Waals surface area contributed by atoms with Gasteiger partial charge in [0, 0.05) is 44.7 Å². The Hall–Kier alpha value is -3.19. The lowest BCUT2D eigenvalue weighted by Gasteiger charge is -2.40. The monoisotopic (exact) mass is 513 g/mol. The van der Waals surface area contributed by atoms with Crippen molar-refractivity contribution in [2.24, 2.45) is 5.92 Å². The molecule has 7 heteroatoms. The maximum absolute atomic E-state index is 13.2. The van der Waals surface area contributed by atoms with Crippen molar-refractivity contribution in [1.82, 2.24) is 24.7 Å². The average Bonchev–Trinajstić information content (AvgIpc) is 3.60. The fourth-order valence-corrected chi connectivity index (χ4v) is 7.28. The van der Waals surface area contributed by atoms with Gasteiger partial charge in [0.2, 0.25) is 11.8 Å². The van der Waals surface area contributed by atoms with E-state index in [1.807, 2.05) is 6.07 Å². The van der Waals surface area contributed by atoms with E-state index >= 15 is 0 Å². The first kappa shape index (κ1) is 25.1. The highest BCUT2D eigenvalue weighted by atomic mass is 16.2. The molecule has 6 rings (SSSR count). The normalized spacial score (nSPS) is 26.1. The summed E-state index contributed by atoms with van der Waals surface area (Å²) in [5.41, 5.74) is 3.50. The summed E-state index contributed by atoms with van der Waals surface area (Å²) < 4.78 is 2.48. The summed E-state index contributed by atoms with van der Waals surface area (Å²) >= 11 is 0. The van der Waals surface area contributed by atoms with Gasteiger partial charge in [0.15, 0.2) is 0 Å². The van der Waals surface area contributed by atoms with E-state index in [9.17, 15) is 9.59 Å². The molecule has 0 spiro atoms. The number of hydrogen-bond donors (Lipinski definition) is 1. The maximum Gasteiger partial charge on any atom is 0.225 e. The number of carbonyl (C=O) groups excluding carboxylic acids is 2. The Balaban J connectivity index is 1.13. The van der Waals surface area contributed by atoms with Crippen LogP contribution in [0.25, 0.3) is 11.0 Å². The molecule has 0 aliphatic carbocycles. The van der Waals surface area contributed by atoms with Crippen molar-refractivity contribution in [2.45, 2.75) is 76.5 Å². The molecular formula is C31H39N5O2. The highest BCUT2D eigenvalue weighted by Gasteiger charge is 2.42. The zero-order chi connectivity index (χ0) is 26.2. The molecule has 200 valence electrons. The highest BCUT2D eigenvalue weighted by molar-refractivity contribution is 5.81. The van der Waals surface area contributed by atoms with Gasteiger partial charge in [0.25, 0.3) is 0 Å². The average molecular weight is 514 g/mol. The first-order valence-corrected chi connectivity index (χ1v) is 14.3. The summed E-state index contributed by atoms with van der Waals surface area (Å²) in [6.45, 7) is 5.91. The zero-order valence-electron chi connectivity index (χ0n) is 22.6. The molecule has 3 aromatic rings. The van der Waals surface area contributed by atoms with Crippen LogP contribution in [0.2, 0.25) is 0 Å². The second kappa shape index (κ2) is 10.5. The number of piperidine rings is 1. The first-order valence-electron chi connectivity index (χ1n) is 14.3. The molecule has 1 N–H and O–H groups in total. The molecule has 3 saturated heterocycles. The smallest absolute Gasteiger partial charge is 0.225 e. The van der Waals surface area contributed by atoms with Crippen LogP contribution in [0.5, 0.6) is 0 Å². The van der Waals surface area contributed by atoms with E-state index < -0.39 is 0 Å². The Bertz CT molecular complexity index is 1290. The third-order valence-electron chi connectivity index (χ3n) is 9.20. The Morgan fingerprint density at radius 3 is 2.39 bits per heavy atom. The molecule has 2 aromatic carbocycles. The third kappa shape index (κ3) is 4.84. The summed E-state index contributed by atoms with van der Waals surface area (Å²) in [7, 11) is 0. The highest BCUT2D eigenvalue weighted by Crippen LogP contribution is 2.42. The molecule has 1 aromatic heterocycles. The number of amides is 2. The maximum atomic E-state index is 13.2. The van der Waals surface area contributed by atoms with Crippen LogP contribution in [0, 0.1) is 12.8 Å². The van der Waals surface area contributed by atoms with Gasteiger partial charge in [-0.05, 0) is 63.1 Å². The number of likely N-dealkylation sites (tertiary alicyclic amines) is 1. The van der Waals surface area contributed by atoms with Gasteiger partial charge in [-0.3, -0.25) is 14.5 Å². The number of nitrogens with one attached hydrogen (secondary N) is 1. The topological polar surface area (TPSA) is 70.5 Å². The number of benzene rings is 2. The van der Waals surface area contributed by atoms with Crippen LogP contribution in [-0.4, -0.2) is 62.9 Å². The molecule has 4 heterocycles. The van der Waals surface area contributed by atoms with Gasteiger partial charge in [0.05, 0.1) is 23.0 Å². The number of aryl methyl sites for hydroxylation is 1. The van der Waals surface area contributed by atoms with Crippen molar-refractivity contribution in [3.05, 3.63) is 66.0 Å². The molecular weight excluding hydrogens is 474 g/mol. The summed E-state index contributed by atoms with van der Waals surface area (Å²) in [4.78, 5) is 34.3. The SMILES string of the molecule is CC(=O)N1CCC(C(=O)N[C@@H](CCN2[C@@H]3CC[C@H]2CC(n2c(C)nc4ccccc42)C3)c2ccccc2)C1. The fraction of sp³-hybridized carbons (Fsp3) is 0.516. The van der Waals surface area contributed by atoms with Crippen LogP contribution in [0.4, 0.5) is 0 Å². The summed E-state index contributed by atoms with van der Waals surface area (Å²) in [6.07, 6.45) is 6.44. The largest absolute Gasteiger partial charge is 0.349 e. The number of nitrogens with zero attached hydrogens (tertiary/aromatic N) is 4. The number of hydrogen-bond acceptors (Lipinski definition) is 4. The van der Waals surface area contributed by atoms with E-state index in [2.05, 4.69) is 70.2 Å². The fourth-order valence-electron chi connectivity index (χ4n) is 7.28. The molecule has 7 nitrogen and oxygen atoms in total. The van der Waals surface area contributed by atoms with Crippen LogP contribution < -0.4 is 5.32 Å². The Kier molecular flexibility index (Phi) is 6.95.